The number of amides is 3. The first-order chi connectivity index (χ1) is 11.0. The van der Waals surface area contributed by atoms with Gasteiger partial charge in [0.2, 0.25) is 17.7 Å². The number of nitrogens with one attached hydrogen (secondary N) is 3. The van der Waals surface area contributed by atoms with Crippen molar-refractivity contribution in [3.8, 4) is 0 Å². The first-order valence-corrected chi connectivity index (χ1v) is 7.94. The molecule has 0 aromatic heterocycles. The molecule has 2 unspecified atom stereocenters. The summed E-state index contributed by atoms with van der Waals surface area (Å²) in [5.41, 5.74) is 1.28. The summed E-state index contributed by atoms with van der Waals surface area (Å²) >= 11 is 0. The van der Waals surface area contributed by atoms with Gasteiger partial charge < -0.3 is 16.0 Å². The van der Waals surface area contributed by atoms with E-state index < -0.39 is 5.41 Å². The summed E-state index contributed by atoms with van der Waals surface area (Å²) in [5, 5.41) is 8.52. The maximum atomic E-state index is 12.4. The first-order valence-electron chi connectivity index (χ1n) is 7.94. The Balaban J connectivity index is 1.55. The van der Waals surface area contributed by atoms with E-state index in [1.165, 1.54) is 0 Å². The van der Waals surface area contributed by atoms with E-state index in [1.54, 1.807) is 0 Å². The van der Waals surface area contributed by atoms with Crippen LogP contribution in [-0.4, -0.2) is 30.8 Å². The second kappa shape index (κ2) is 6.02. The summed E-state index contributed by atoms with van der Waals surface area (Å²) in [5.74, 6) is -0.305. The predicted octanol–water partition coefficient (Wildman–Crippen LogP) is 1.14. The van der Waals surface area contributed by atoms with E-state index in [4.69, 9.17) is 0 Å². The summed E-state index contributed by atoms with van der Waals surface area (Å²) in [7, 11) is 0. The molecule has 2 aliphatic rings. The Morgan fingerprint density at radius 2 is 2.13 bits per heavy atom. The molecule has 1 aromatic rings. The number of hydrogen-bond acceptors (Lipinski definition) is 3. The molecular formula is C17H21N3O3. The van der Waals surface area contributed by atoms with Gasteiger partial charge in [-0.15, -0.1) is 0 Å². The molecule has 3 rings (SSSR count). The first kappa shape index (κ1) is 15.5. The van der Waals surface area contributed by atoms with E-state index in [1.807, 2.05) is 31.2 Å². The number of rotatable bonds is 4. The van der Waals surface area contributed by atoms with Crippen LogP contribution in [0, 0.1) is 5.41 Å². The van der Waals surface area contributed by atoms with Gasteiger partial charge in [0.05, 0.1) is 11.3 Å². The molecule has 2 atom stereocenters. The number of anilines is 1. The Kier molecular flexibility index (Phi) is 4.07. The standard InChI is InChI=1S/C17H21N3O3/c1-17(8-6-14(21)19-10-17)16(23)18-9-7-12-11-4-2-3-5-13(11)20-15(12)22/h2-5,12H,6-10H2,1H3,(H,18,23)(H,19,21)(H,20,22). The number of fused-ring (bicyclic) bond motifs is 1. The van der Waals surface area contributed by atoms with Crippen LogP contribution in [0.25, 0.3) is 0 Å². The number of hydrogen-bond donors (Lipinski definition) is 3. The van der Waals surface area contributed by atoms with Crippen molar-refractivity contribution in [2.45, 2.75) is 32.1 Å². The molecule has 2 aliphatic heterocycles. The van der Waals surface area contributed by atoms with E-state index in [-0.39, 0.29) is 23.6 Å². The van der Waals surface area contributed by atoms with Gasteiger partial charge in [-0.25, -0.2) is 0 Å². The van der Waals surface area contributed by atoms with Crippen LogP contribution in [0.2, 0.25) is 0 Å². The van der Waals surface area contributed by atoms with Crippen molar-refractivity contribution in [3.63, 3.8) is 0 Å². The van der Waals surface area contributed by atoms with E-state index >= 15 is 0 Å². The fraction of sp³-hybridized carbons (Fsp3) is 0.471. The quantitative estimate of drug-likeness (QED) is 0.779. The van der Waals surface area contributed by atoms with Gasteiger partial charge in [0.15, 0.2) is 0 Å². The molecule has 6 nitrogen and oxygen atoms in total. The van der Waals surface area contributed by atoms with Crippen molar-refractivity contribution in [3.05, 3.63) is 29.8 Å². The van der Waals surface area contributed by atoms with Crippen LogP contribution in [0.5, 0.6) is 0 Å². The highest BCUT2D eigenvalue weighted by molar-refractivity contribution is 6.02. The van der Waals surface area contributed by atoms with Crippen molar-refractivity contribution in [2.75, 3.05) is 18.4 Å². The lowest BCUT2D eigenvalue weighted by Crippen LogP contribution is -2.50. The zero-order valence-electron chi connectivity index (χ0n) is 13.1. The summed E-state index contributed by atoms with van der Waals surface area (Å²) in [6.07, 6.45) is 1.50. The maximum Gasteiger partial charge on any atom is 0.232 e. The van der Waals surface area contributed by atoms with Crippen molar-refractivity contribution >= 4 is 23.4 Å². The molecule has 0 radical (unpaired) electrons. The molecule has 6 heteroatoms. The minimum atomic E-state index is -0.566. The molecule has 23 heavy (non-hydrogen) atoms. The Bertz CT molecular complexity index is 646. The number of carbonyl (C=O) groups is 3. The molecule has 3 amide bonds. The number of benzene rings is 1. The van der Waals surface area contributed by atoms with Gasteiger partial charge >= 0.3 is 0 Å². The largest absolute Gasteiger partial charge is 0.356 e. The maximum absolute atomic E-state index is 12.4. The molecule has 0 aliphatic carbocycles. The molecule has 3 N–H and O–H groups in total. The van der Waals surface area contributed by atoms with Crippen LogP contribution in [0.15, 0.2) is 24.3 Å². The third-order valence-corrected chi connectivity index (χ3v) is 4.76. The molecule has 0 spiro atoms. The zero-order chi connectivity index (χ0) is 16.4. The summed E-state index contributed by atoms with van der Waals surface area (Å²) in [6, 6.07) is 7.63. The van der Waals surface area contributed by atoms with Crippen molar-refractivity contribution < 1.29 is 14.4 Å². The van der Waals surface area contributed by atoms with Gasteiger partial charge in [0, 0.05) is 25.2 Å². The van der Waals surface area contributed by atoms with Crippen LogP contribution >= 0.6 is 0 Å². The molecule has 0 bridgehead atoms. The molecule has 122 valence electrons. The average Bonchev–Trinajstić information content (AvgIpc) is 2.86. The lowest BCUT2D eigenvalue weighted by molar-refractivity contribution is -0.134. The fourth-order valence-electron chi connectivity index (χ4n) is 3.16. The van der Waals surface area contributed by atoms with Gasteiger partial charge in [-0.3, -0.25) is 14.4 Å². The topological polar surface area (TPSA) is 87.3 Å². The minimum absolute atomic E-state index is 0.00508. The molecule has 1 aromatic carbocycles. The molecule has 2 heterocycles. The van der Waals surface area contributed by atoms with E-state index in [0.717, 1.165) is 11.3 Å². The van der Waals surface area contributed by atoms with Crippen LogP contribution < -0.4 is 16.0 Å². The van der Waals surface area contributed by atoms with Crippen LogP contribution in [0.3, 0.4) is 0 Å². The summed E-state index contributed by atoms with van der Waals surface area (Å²) in [6.45, 7) is 2.67. The van der Waals surface area contributed by atoms with Crippen molar-refractivity contribution in [2.24, 2.45) is 5.41 Å². The lowest BCUT2D eigenvalue weighted by Gasteiger charge is -2.32. The highest BCUT2D eigenvalue weighted by atomic mass is 16.2. The van der Waals surface area contributed by atoms with E-state index in [0.29, 0.717) is 32.4 Å². The molecule has 1 saturated heterocycles. The smallest absolute Gasteiger partial charge is 0.232 e. The van der Waals surface area contributed by atoms with Gasteiger partial charge in [0.25, 0.3) is 0 Å². The monoisotopic (exact) mass is 315 g/mol. The Morgan fingerprint density at radius 3 is 2.87 bits per heavy atom. The van der Waals surface area contributed by atoms with Crippen LogP contribution in [-0.2, 0) is 14.4 Å². The molecular weight excluding hydrogens is 294 g/mol. The van der Waals surface area contributed by atoms with Crippen LogP contribution in [0.1, 0.15) is 37.7 Å². The van der Waals surface area contributed by atoms with Crippen molar-refractivity contribution in [1.29, 1.82) is 0 Å². The molecule has 1 fully saturated rings. The number of para-hydroxylation sites is 1. The van der Waals surface area contributed by atoms with Gasteiger partial charge in [-0.05, 0) is 31.4 Å². The summed E-state index contributed by atoms with van der Waals surface area (Å²) < 4.78 is 0. The third-order valence-electron chi connectivity index (χ3n) is 4.76. The van der Waals surface area contributed by atoms with Gasteiger partial charge in [-0.1, -0.05) is 18.2 Å². The Hall–Kier alpha value is -2.37. The Labute approximate surface area is 135 Å². The number of carbonyl (C=O) groups excluding carboxylic acids is 3. The van der Waals surface area contributed by atoms with Gasteiger partial charge in [0.1, 0.15) is 0 Å². The zero-order valence-corrected chi connectivity index (χ0v) is 13.1. The highest BCUT2D eigenvalue weighted by Crippen LogP contribution is 2.34. The average molecular weight is 315 g/mol. The third kappa shape index (κ3) is 3.06. The van der Waals surface area contributed by atoms with E-state index in [9.17, 15) is 14.4 Å². The van der Waals surface area contributed by atoms with Gasteiger partial charge in [-0.2, -0.15) is 0 Å². The summed E-state index contributed by atoms with van der Waals surface area (Å²) in [4.78, 5) is 35.6. The predicted molar refractivity (Wildman–Crippen MR) is 85.8 cm³/mol. The van der Waals surface area contributed by atoms with Crippen molar-refractivity contribution in [1.82, 2.24) is 10.6 Å². The molecule has 0 saturated carbocycles. The normalized spacial score (nSPS) is 26.2. The number of piperidine rings is 1. The second-order valence-corrected chi connectivity index (χ2v) is 6.51. The SMILES string of the molecule is CC1(C(=O)NCCC2C(=O)Nc3ccccc32)CCC(=O)NC1. The lowest BCUT2D eigenvalue weighted by atomic mass is 9.81. The Morgan fingerprint density at radius 1 is 1.35 bits per heavy atom. The van der Waals surface area contributed by atoms with E-state index in [2.05, 4.69) is 16.0 Å². The van der Waals surface area contributed by atoms with Crippen LogP contribution in [0.4, 0.5) is 5.69 Å². The second-order valence-electron chi connectivity index (χ2n) is 6.51. The highest BCUT2D eigenvalue weighted by Gasteiger charge is 2.37. The minimum Gasteiger partial charge on any atom is -0.356 e. The fourth-order valence-corrected chi connectivity index (χ4v) is 3.16.